The SMILES string of the molecule is CCC1(Nc2nc(NC)ncc2F)CCC1. The van der Waals surface area contributed by atoms with Crippen molar-refractivity contribution in [2.75, 3.05) is 17.7 Å². The Bertz CT molecular complexity index is 371. The number of hydrogen-bond acceptors (Lipinski definition) is 4. The molecule has 16 heavy (non-hydrogen) atoms. The highest BCUT2D eigenvalue weighted by atomic mass is 19.1. The van der Waals surface area contributed by atoms with Gasteiger partial charge < -0.3 is 10.6 Å². The lowest BCUT2D eigenvalue weighted by Gasteiger charge is -2.42. The van der Waals surface area contributed by atoms with Gasteiger partial charge in [0.2, 0.25) is 5.95 Å². The van der Waals surface area contributed by atoms with Crippen LogP contribution >= 0.6 is 0 Å². The smallest absolute Gasteiger partial charge is 0.224 e. The van der Waals surface area contributed by atoms with Crippen molar-refractivity contribution in [2.45, 2.75) is 38.1 Å². The Morgan fingerprint density at radius 1 is 1.50 bits per heavy atom. The van der Waals surface area contributed by atoms with Crippen molar-refractivity contribution in [2.24, 2.45) is 0 Å². The zero-order chi connectivity index (χ0) is 11.6. The van der Waals surface area contributed by atoms with Crippen molar-refractivity contribution < 1.29 is 4.39 Å². The zero-order valence-electron chi connectivity index (χ0n) is 9.68. The first-order valence-corrected chi connectivity index (χ1v) is 5.67. The molecule has 1 aliphatic rings. The summed E-state index contributed by atoms with van der Waals surface area (Å²) in [6, 6.07) is 0. The van der Waals surface area contributed by atoms with Gasteiger partial charge >= 0.3 is 0 Å². The predicted octanol–water partition coefficient (Wildman–Crippen LogP) is 2.40. The molecule has 1 aromatic heterocycles. The average molecular weight is 224 g/mol. The maximum atomic E-state index is 13.5. The van der Waals surface area contributed by atoms with Gasteiger partial charge in [-0.2, -0.15) is 4.98 Å². The molecular formula is C11H17FN4. The molecule has 1 heterocycles. The van der Waals surface area contributed by atoms with E-state index in [9.17, 15) is 4.39 Å². The average Bonchev–Trinajstić information content (AvgIpc) is 2.26. The summed E-state index contributed by atoms with van der Waals surface area (Å²) in [6.45, 7) is 2.12. The molecule has 5 heteroatoms. The Balaban J connectivity index is 2.19. The van der Waals surface area contributed by atoms with Gasteiger partial charge in [0.05, 0.1) is 6.20 Å². The van der Waals surface area contributed by atoms with Crippen LogP contribution in [0.5, 0.6) is 0 Å². The van der Waals surface area contributed by atoms with E-state index in [1.165, 1.54) is 12.6 Å². The number of nitrogens with one attached hydrogen (secondary N) is 2. The van der Waals surface area contributed by atoms with Gasteiger partial charge in [0, 0.05) is 12.6 Å². The van der Waals surface area contributed by atoms with Crippen LogP contribution in [0.4, 0.5) is 16.2 Å². The standard InChI is InChI=1S/C11H17FN4/c1-3-11(5-4-6-11)16-9-8(12)7-14-10(13-2)15-9/h7H,3-6H2,1-2H3,(H2,13,14,15,16). The Morgan fingerprint density at radius 3 is 2.75 bits per heavy atom. The monoisotopic (exact) mass is 224 g/mol. The highest BCUT2D eigenvalue weighted by molar-refractivity contribution is 5.43. The van der Waals surface area contributed by atoms with Gasteiger partial charge in [0.15, 0.2) is 11.6 Å². The van der Waals surface area contributed by atoms with Crippen LogP contribution in [0, 0.1) is 5.82 Å². The third kappa shape index (κ3) is 1.94. The lowest BCUT2D eigenvalue weighted by atomic mass is 9.75. The summed E-state index contributed by atoms with van der Waals surface area (Å²) in [7, 11) is 1.72. The molecule has 0 spiro atoms. The summed E-state index contributed by atoms with van der Waals surface area (Å²) >= 11 is 0. The number of halogens is 1. The molecule has 4 nitrogen and oxygen atoms in total. The second-order valence-electron chi connectivity index (χ2n) is 4.25. The van der Waals surface area contributed by atoms with E-state index < -0.39 is 5.82 Å². The lowest BCUT2D eigenvalue weighted by Crippen LogP contribution is -2.44. The quantitative estimate of drug-likeness (QED) is 0.824. The van der Waals surface area contributed by atoms with Gasteiger partial charge in [-0.1, -0.05) is 6.92 Å². The van der Waals surface area contributed by atoms with Crippen molar-refractivity contribution in [1.82, 2.24) is 9.97 Å². The van der Waals surface area contributed by atoms with Gasteiger partial charge in [-0.05, 0) is 25.7 Å². The highest BCUT2D eigenvalue weighted by Gasteiger charge is 2.35. The predicted molar refractivity (Wildman–Crippen MR) is 62.0 cm³/mol. The lowest BCUT2D eigenvalue weighted by molar-refractivity contribution is 0.267. The molecule has 1 aliphatic carbocycles. The first-order chi connectivity index (χ1) is 7.69. The largest absolute Gasteiger partial charge is 0.362 e. The number of rotatable bonds is 4. The third-order valence-corrected chi connectivity index (χ3v) is 3.34. The Kier molecular flexibility index (Phi) is 2.94. The van der Waals surface area contributed by atoms with E-state index >= 15 is 0 Å². The van der Waals surface area contributed by atoms with Crippen molar-refractivity contribution in [1.29, 1.82) is 0 Å². The molecule has 0 amide bonds. The second-order valence-corrected chi connectivity index (χ2v) is 4.25. The van der Waals surface area contributed by atoms with E-state index in [4.69, 9.17) is 0 Å². The van der Waals surface area contributed by atoms with Crippen LogP contribution in [0.25, 0.3) is 0 Å². The molecule has 88 valence electrons. The van der Waals surface area contributed by atoms with Crippen LogP contribution in [0.3, 0.4) is 0 Å². The van der Waals surface area contributed by atoms with Crippen molar-refractivity contribution in [3.63, 3.8) is 0 Å². The topological polar surface area (TPSA) is 49.8 Å². The number of anilines is 2. The van der Waals surface area contributed by atoms with Crippen LogP contribution in [-0.2, 0) is 0 Å². The van der Waals surface area contributed by atoms with E-state index in [2.05, 4.69) is 27.5 Å². The second kappa shape index (κ2) is 4.23. The fraction of sp³-hybridized carbons (Fsp3) is 0.636. The van der Waals surface area contributed by atoms with Gasteiger partial charge in [-0.25, -0.2) is 9.37 Å². The maximum Gasteiger partial charge on any atom is 0.224 e. The molecule has 1 fully saturated rings. The first kappa shape index (κ1) is 11.1. The van der Waals surface area contributed by atoms with Crippen LogP contribution in [0.15, 0.2) is 6.20 Å². The minimum Gasteiger partial charge on any atom is -0.362 e. The van der Waals surface area contributed by atoms with Gasteiger partial charge in [-0.3, -0.25) is 0 Å². The molecule has 2 N–H and O–H groups in total. The Labute approximate surface area is 94.7 Å². The highest BCUT2D eigenvalue weighted by Crippen LogP contribution is 2.37. The number of aromatic nitrogens is 2. The van der Waals surface area contributed by atoms with Crippen LogP contribution in [-0.4, -0.2) is 22.6 Å². The van der Waals surface area contributed by atoms with Gasteiger partial charge in [0.1, 0.15) is 0 Å². The van der Waals surface area contributed by atoms with E-state index in [1.807, 2.05) is 0 Å². The van der Waals surface area contributed by atoms with Crippen molar-refractivity contribution in [3.05, 3.63) is 12.0 Å². The van der Waals surface area contributed by atoms with Crippen molar-refractivity contribution >= 4 is 11.8 Å². The van der Waals surface area contributed by atoms with Crippen LogP contribution in [0.1, 0.15) is 32.6 Å². The normalized spacial score (nSPS) is 17.7. The molecule has 0 saturated heterocycles. The molecular weight excluding hydrogens is 207 g/mol. The molecule has 0 radical (unpaired) electrons. The molecule has 0 aromatic carbocycles. The molecule has 0 unspecified atom stereocenters. The van der Waals surface area contributed by atoms with Crippen LogP contribution in [0.2, 0.25) is 0 Å². The van der Waals surface area contributed by atoms with E-state index in [0.717, 1.165) is 19.3 Å². The van der Waals surface area contributed by atoms with Crippen LogP contribution < -0.4 is 10.6 Å². The molecule has 1 aromatic rings. The number of nitrogens with zero attached hydrogens (tertiary/aromatic N) is 2. The Hall–Kier alpha value is -1.39. The summed E-state index contributed by atoms with van der Waals surface area (Å²) in [5, 5.41) is 6.02. The molecule has 0 atom stereocenters. The fourth-order valence-electron chi connectivity index (χ4n) is 2.00. The van der Waals surface area contributed by atoms with Gasteiger partial charge in [-0.15, -0.1) is 0 Å². The minimum atomic E-state index is -0.390. The minimum absolute atomic E-state index is 0.0419. The van der Waals surface area contributed by atoms with Gasteiger partial charge in [0.25, 0.3) is 0 Å². The molecule has 2 rings (SSSR count). The summed E-state index contributed by atoms with van der Waals surface area (Å²) in [6.07, 6.45) is 5.56. The Morgan fingerprint density at radius 2 is 2.25 bits per heavy atom. The first-order valence-electron chi connectivity index (χ1n) is 5.67. The summed E-state index contributed by atoms with van der Waals surface area (Å²) < 4.78 is 13.5. The van der Waals surface area contributed by atoms with E-state index in [0.29, 0.717) is 11.8 Å². The fourth-order valence-corrected chi connectivity index (χ4v) is 2.00. The summed E-state index contributed by atoms with van der Waals surface area (Å²) in [4.78, 5) is 7.92. The van der Waals surface area contributed by atoms with E-state index in [1.54, 1.807) is 7.05 Å². The van der Waals surface area contributed by atoms with E-state index in [-0.39, 0.29) is 5.54 Å². The molecule has 1 saturated carbocycles. The third-order valence-electron chi connectivity index (χ3n) is 3.34. The van der Waals surface area contributed by atoms with Crippen molar-refractivity contribution in [3.8, 4) is 0 Å². The maximum absolute atomic E-state index is 13.5. The molecule has 0 aliphatic heterocycles. The summed E-state index contributed by atoms with van der Waals surface area (Å²) in [5.74, 6) is 0.356. The zero-order valence-corrected chi connectivity index (χ0v) is 9.68. The molecule has 0 bridgehead atoms. The number of hydrogen-bond donors (Lipinski definition) is 2. The summed E-state index contributed by atoms with van der Waals surface area (Å²) in [5.41, 5.74) is 0.0419.